The van der Waals surface area contributed by atoms with E-state index in [0.29, 0.717) is 22.7 Å². The predicted octanol–water partition coefficient (Wildman–Crippen LogP) is 2.24. The number of anilines is 1. The Bertz CT molecular complexity index is 744. The summed E-state index contributed by atoms with van der Waals surface area (Å²) in [6, 6.07) is 12.1. The van der Waals surface area contributed by atoms with Gasteiger partial charge in [-0.25, -0.2) is 0 Å². The Morgan fingerprint density at radius 1 is 1.04 bits per heavy atom. The first kappa shape index (κ1) is 17.3. The van der Waals surface area contributed by atoms with Crippen LogP contribution in [-0.4, -0.2) is 33.1 Å². The normalized spacial score (nSPS) is 9.96. The Labute approximate surface area is 140 Å². The third-order valence-electron chi connectivity index (χ3n) is 3.52. The van der Waals surface area contributed by atoms with E-state index in [1.807, 2.05) is 0 Å². The molecule has 0 saturated heterocycles. The molecule has 0 saturated carbocycles. The van der Waals surface area contributed by atoms with Gasteiger partial charge in [0.15, 0.2) is 0 Å². The van der Waals surface area contributed by atoms with Crippen molar-refractivity contribution >= 4 is 17.5 Å². The van der Waals surface area contributed by atoms with Crippen molar-refractivity contribution in [3.63, 3.8) is 0 Å². The highest BCUT2D eigenvalue weighted by molar-refractivity contribution is 6.04. The van der Waals surface area contributed by atoms with E-state index >= 15 is 0 Å². The molecule has 0 unspecified atom stereocenters. The van der Waals surface area contributed by atoms with Crippen molar-refractivity contribution in [2.24, 2.45) is 0 Å². The van der Waals surface area contributed by atoms with Crippen LogP contribution in [0.4, 0.5) is 5.69 Å². The van der Waals surface area contributed by atoms with E-state index in [1.165, 1.54) is 7.11 Å². The molecule has 2 rings (SSSR count). The van der Waals surface area contributed by atoms with E-state index < -0.39 is 0 Å². The number of ether oxygens (including phenoxy) is 2. The average Bonchev–Trinajstić information content (AvgIpc) is 2.61. The molecule has 0 radical (unpaired) electrons. The number of carbonyl (C=O) groups excluding carboxylic acids is 2. The summed E-state index contributed by atoms with van der Waals surface area (Å²) in [6.07, 6.45) is 0.120. The van der Waals surface area contributed by atoms with Crippen molar-refractivity contribution in [1.29, 1.82) is 0 Å². The summed E-state index contributed by atoms with van der Waals surface area (Å²) in [7, 11) is 4.65. The number of carbonyl (C=O) groups is 2. The Hall–Kier alpha value is -3.02. The molecule has 2 aromatic carbocycles. The van der Waals surface area contributed by atoms with Crippen molar-refractivity contribution in [2.45, 2.75) is 6.42 Å². The molecule has 6 heteroatoms. The quantitative estimate of drug-likeness (QED) is 0.853. The molecular weight excluding hydrogens is 308 g/mol. The molecule has 2 N–H and O–H groups in total. The lowest BCUT2D eigenvalue weighted by Gasteiger charge is -2.12. The third kappa shape index (κ3) is 4.04. The number of amides is 2. The Kier molecular flexibility index (Phi) is 5.78. The van der Waals surface area contributed by atoms with Crippen LogP contribution in [0.25, 0.3) is 0 Å². The van der Waals surface area contributed by atoms with Gasteiger partial charge in [0.2, 0.25) is 5.91 Å². The lowest BCUT2D eigenvalue weighted by atomic mass is 10.1. The van der Waals surface area contributed by atoms with E-state index in [1.54, 1.807) is 56.6 Å². The zero-order valence-electron chi connectivity index (χ0n) is 13.9. The second kappa shape index (κ2) is 8.01. The van der Waals surface area contributed by atoms with E-state index in [0.717, 1.165) is 5.56 Å². The Morgan fingerprint density at radius 3 is 2.46 bits per heavy atom. The summed E-state index contributed by atoms with van der Waals surface area (Å²) in [5.41, 5.74) is 1.61. The summed E-state index contributed by atoms with van der Waals surface area (Å²) >= 11 is 0. The van der Waals surface area contributed by atoms with Gasteiger partial charge in [-0.2, -0.15) is 0 Å². The fourth-order valence-corrected chi connectivity index (χ4v) is 2.29. The van der Waals surface area contributed by atoms with Crippen LogP contribution in [0.3, 0.4) is 0 Å². The van der Waals surface area contributed by atoms with E-state index in [-0.39, 0.29) is 18.2 Å². The average molecular weight is 328 g/mol. The number of methoxy groups -OCH3 is 2. The van der Waals surface area contributed by atoms with Gasteiger partial charge in [-0.3, -0.25) is 9.59 Å². The molecule has 0 aliphatic carbocycles. The van der Waals surface area contributed by atoms with Crippen molar-refractivity contribution < 1.29 is 19.1 Å². The Morgan fingerprint density at radius 2 is 1.79 bits per heavy atom. The van der Waals surface area contributed by atoms with Gasteiger partial charge in [0.25, 0.3) is 5.91 Å². The molecule has 0 aliphatic rings. The van der Waals surface area contributed by atoms with Gasteiger partial charge in [-0.1, -0.05) is 18.2 Å². The molecule has 2 aromatic rings. The second-order valence-electron chi connectivity index (χ2n) is 5.03. The van der Waals surface area contributed by atoms with Gasteiger partial charge in [0.1, 0.15) is 11.5 Å². The van der Waals surface area contributed by atoms with Gasteiger partial charge < -0.3 is 20.1 Å². The molecule has 0 aromatic heterocycles. The van der Waals surface area contributed by atoms with Gasteiger partial charge in [0.05, 0.1) is 31.9 Å². The molecule has 0 bridgehead atoms. The van der Waals surface area contributed by atoms with E-state index in [4.69, 9.17) is 9.47 Å². The maximum atomic E-state index is 12.3. The number of rotatable bonds is 6. The number of benzene rings is 2. The van der Waals surface area contributed by atoms with E-state index in [2.05, 4.69) is 10.6 Å². The highest BCUT2D eigenvalue weighted by Crippen LogP contribution is 2.25. The van der Waals surface area contributed by atoms with Crippen molar-refractivity contribution in [3.05, 3.63) is 53.6 Å². The molecule has 0 fully saturated rings. The van der Waals surface area contributed by atoms with E-state index in [9.17, 15) is 9.59 Å². The van der Waals surface area contributed by atoms with Gasteiger partial charge in [0, 0.05) is 18.7 Å². The fraction of sp³-hybridized carbons (Fsp3) is 0.222. The molecular formula is C18H20N2O4. The minimum atomic E-state index is -0.257. The number of hydrogen-bond donors (Lipinski definition) is 2. The van der Waals surface area contributed by atoms with Crippen molar-refractivity contribution in [3.8, 4) is 11.5 Å². The summed E-state index contributed by atoms with van der Waals surface area (Å²) < 4.78 is 10.4. The van der Waals surface area contributed by atoms with Crippen LogP contribution in [0.5, 0.6) is 11.5 Å². The van der Waals surface area contributed by atoms with Gasteiger partial charge >= 0.3 is 0 Å². The lowest BCUT2D eigenvalue weighted by molar-refractivity contribution is -0.115. The van der Waals surface area contributed by atoms with Crippen LogP contribution in [0.2, 0.25) is 0 Å². The van der Waals surface area contributed by atoms with Crippen LogP contribution >= 0.6 is 0 Å². The number of hydrogen-bond acceptors (Lipinski definition) is 4. The second-order valence-corrected chi connectivity index (χ2v) is 5.03. The summed E-state index contributed by atoms with van der Waals surface area (Å²) in [5, 5.41) is 5.32. The zero-order chi connectivity index (χ0) is 17.5. The first-order chi connectivity index (χ1) is 11.6. The smallest absolute Gasteiger partial charge is 0.253 e. The molecule has 0 aliphatic heterocycles. The highest BCUT2D eigenvalue weighted by Gasteiger charge is 2.14. The molecule has 0 heterocycles. The minimum absolute atomic E-state index is 0.120. The largest absolute Gasteiger partial charge is 0.497 e. The fourth-order valence-electron chi connectivity index (χ4n) is 2.29. The SMILES string of the molecule is CNC(=O)c1ccccc1NC(=O)Cc1ccc(OC)cc1OC. The van der Waals surface area contributed by atoms with Crippen molar-refractivity contribution in [1.82, 2.24) is 5.32 Å². The molecule has 0 atom stereocenters. The topological polar surface area (TPSA) is 76.7 Å². The summed E-state index contributed by atoms with van der Waals surface area (Å²) in [6.45, 7) is 0. The maximum Gasteiger partial charge on any atom is 0.253 e. The molecule has 24 heavy (non-hydrogen) atoms. The zero-order valence-corrected chi connectivity index (χ0v) is 13.9. The minimum Gasteiger partial charge on any atom is -0.497 e. The molecule has 6 nitrogen and oxygen atoms in total. The van der Waals surface area contributed by atoms with Crippen LogP contribution in [-0.2, 0) is 11.2 Å². The maximum absolute atomic E-state index is 12.3. The predicted molar refractivity (Wildman–Crippen MR) is 91.7 cm³/mol. The number of nitrogens with one attached hydrogen (secondary N) is 2. The first-order valence-electron chi connectivity index (χ1n) is 7.41. The van der Waals surface area contributed by atoms with Crippen LogP contribution in [0, 0.1) is 0 Å². The highest BCUT2D eigenvalue weighted by atomic mass is 16.5. The molecule has 0 spiro atoms. The Balaban J connectivity index is 2.16. The van der Waals surface area contributed by atoms with Crippen molar-refractivity contribution in [2.75, 3.05) is 26.6 Å². The van der Waals surface area contributed by atoms with Gasteiger partial charge in [-0.05, 0) is 18.2 Å². The number of para-hydroxylation sites is 1. The summed E-state index contributed by atoms with van der Waals surface area (Å²) in [5.74, 6) is 0.729. The third-order valence-corrected chi connectivity index (χ3v) is 3.52. The molecule has 126 valence electrons. The van der Waals surface area contributed by atoms with Crippen LogP contribution in [0.1, 0.15) is 15.9 Å². The first-order valence-corrected chi connectivity index (χ1v) is 7.41. The standard InChI is InChI=1S/C18H20N2O4/c1-19-18(22)14-6-4-5-7-15(14)20-17(21)10-12-8-9-13(23-2)11-16(12)24-3/h4-9,11H,10H2,1-3H3,(H,19,22)(H,20,21). The van der Waals surface area contributed by atoms with Crippen LogP contribution in [0.15, 0.2) is 42.5 Å². The molecule has 2 amide bonds. The van der Waals surface area contributed by atoms with Crippen LogP contribution < -0.4 is 20.1 Å². The summed E-state index contributed by atoms with van der Waals surface area (Å²) in [4.78, 5) is 24.2. The monoisotopic (exact) mass is 328 g/mol. The van der Waals surface area contributed by atoms with Gasteiger partial charge in [-0.15, -0.1) is 0 Å². The lowest BCUT2D eigenvalue weighted by Crippen LogP contribution is -2.22.